The molecule has 0 saturated carbocycles. The first-order valence-corrected chi connectivity index (χ1v) is 12.0. The highest BCUT2D eigenvalue weighted by atomic mass is 16.5. The van der Waals surface area contributed by atoms with E-state index in [1.165, 1.54) is 23.7 Å². The average molecular weight is 517 g/mol. The van der Waals surface area contributed by atoms with Crippen molar-refractivity contribution >= 4 is 23.7 Å². The predicted molar refractivity (Wildman–Crippen MR) is 141 cm³/mol. The van der Waals surface area contributed by atoms with E-state index >= 15 is 0 Å². The number of hydrogen-bond donors (Lipinski definition) is 0. The second-order valence-electron chi connectivity index (χ2n) is 8.56. The topological polar surface area (TPSA) is 104 Å². The summed E-state index contributed by atoms with van der Waals surface area (Å²) in [5.74, 6) is -2.20. The van der Waals surface area contributed by atoms with Gasteiger partial charge < -0.3 is 19.1 Å². The van der Waals surface area contributed by atoms with Crippen molar-refractivity contribution in [1.82, 2.24) is 4.57 Å². The van der Waals surface area contributed by atoms with Crippen molar-refractivity contribution in [3.05, 3.63) is 99.0 Å². The minimum absolute atomic E-state index is 0.0429. The van der Waals surface area contributed by atoms with Crippen molar-refractivity contribution in [3.8, 4) is 11.1 Å². The summed E-state index contributed by atoms with van der Waals surface area (Å²) in [6.45, 7) is 3.52. The van der Waals surface area contributed by atoms with Gasteiger partial charge in [-0.2, -0.15) is 0 Å². The van der Waals surface area contributed by atoms with Crippen LogP contribution in [0.3, 0.4) is 0 Å². The Kier molecular flexibility index (Phi) is 7.47. The maximum Gasteiger partial charge on any atom is 0.342 e. The van der Waals surface area contributed by atoms with Gasteiger partial charge in [-0.3, -0.25) is 9.36 Å². The lowest BCUT2D eigenvalue weighted by Crippen LogP contribution is -2.43. The van der Waals surface area contributed by atoms with Crippen LogP contribution in [0.15, 0.2) is 76.7 Å². The number of carbonyl (C=O) groups is 3. The molecule has 1 atom stereocenters. The van der Waals surface area contributed by atoms with Crippen molar-refractivity contribution < 1.29 is 28.6 Å². The Hall–Kier alpha value is -4.66. The van der Waals surface area contributed by atoms with Gasteiger partial charge >= 0.3 is 17.9 Å². The summed E-state index contributed by atoms with van der Waals surface area (Å²) in [5, 5.41) is 0. The summed E-state index contributed by atoms with van der Waals surface area (Å²) >= 11 is 0. The van der Waals surface area contributed by atoms with Gasteiger partial charge in [-0.25, -0.2) is 14.4 Å². The number of rotatable bonds is 6. The van der Waals surface area contributed by atoms with E-state index in [9.17, 15) is 19.2 Å². The third kappa shape index (κ3) is 4.26. The molecule has 2 aromatic carbocycles. The largest absolute Gasteiger partial charge is 0.465 e. The molecule has 2 heterocycles. The Morgan fingerprint density at radius 3 is 1.95 bits per heavy atom. The smallest absolute Gasteiger partial charge is 0.342 e. The number of anilines is 1. The molecule has 0 aliphatic carbocycles. The van der Waals surface area contributed by atoms with Crippen LogP contribution >= 0.6 is 0 Å². The highest BCUT2D eigenvalue weighted by Gasteiger charge is 2.42. The molecule has 0 saturated heterocycles. The monoisotopic (exact) mass is 516 g/mol. The van der Waals surface area contributed by atoms with Gasteiger partial charge in [0.15, 0.2) is 0 Å². The van der Waals surface area contributed by atoms with Crippen molar-refractivity contribution in [2.24, 2.45) is 0 Å². The van der Waals surface area contributed by atoms with Gasteiger partial charge in [0, 0.05) is 12.7 Å². The van der Waals surface area contributed by atoms with Crippen LogP contribution in [0.2, 0.25) is 0 Å². The summed E-state index contributed by atoms with van der Waals surface area (Å²) in [7, 11) is 3.98. The molecule has 196 valence electrons. The van der Waals surface area contributed by atoms with E-state index < -0.39 is 29.5 Å². The summed E-state index contributed by atoms with van der Waals surface area (Å²) in [6.07, 6.45) is 0. The molecule has 9 nitrogen and oxygen atoms in total. The number of esters is 3. The Morgan fingerprint density at radius 2 is 1.39 bits per heavy atom. The number of hydrogen-bond acceptors (Lipinski definition) is 8. The molecule has 0 spiro atoms. The summed E-state index contributed by atoms with van der Waals surface area (Å²) in [6, 6.07) is 16.5. The van der Waals surface area contributed by atoms with E-state index in [0.717, 1.165) is 0 Å². The molecule has 1 aromatic heterocycles. The average Bonchev–Trinajstić information content (AvgIpc) is 2.94. The Morgan fingerprint density at radius 1 is 0.842 bits per heavy atom. The zero-order chi connectivity index (χ0) is 27.6. The van der Waals surface area contributed by atoms with Gasteiger partial charge in [0.1, 0.15) is 11.4 Å². The molecule has 1 aliphatic heterocycles. The number of benzene rings is 2. The lowest BCUT2D eigenvalue weighted by molar-refractivity contribution is -0.139. The van der Waals surface area contributed by atoms with Crippen LogP contribution in [0.25, 0.3) is 11.1 Å². The van der Waals surface area contributed by atoms with Crippen LogP contribution in [-0.4, -0.2) is 50.3 Å². The SMILES string of the molecule is CCOC(=O)C1=C(C)N(C)c2c(C(=O)OC)c(C(=O)OC)c(-c3ccccc3)c(=O)n2[C@@H]1c1ccccc1. The third-order valence-electron chi connectivity index (χ3n) is 6.58. The minimum Gasteiger partial charge on any atom is -0.465 e. The maximum atomic E-state index is 14.5. The fourth-order valence-electron chi connectivity index (χ4n) is 4.81. The molecular weight excluding hydrogens is 488 g/mol. The first kappa shape index (κ1) is 26.4. The van der Waals surface area contributed by atoms with Crippen molar-refractivity contribution in [2.45, 2.75) is 19.9 Å². The van der Waals surface area contributed by atoms with E-state index in [0.29, 0.717) is 16.8 Å². The molecule has 3 aromatic rings. The first-order valence-electron chi connectivity index (χ1n) is 12.0. The Bertz CT molecular complexity index is 1490. The summed E-state index contributed by atoms with van der Waals surface area (Å²) < 4.78 is 16.9. The maximum absolute atomic E-state index is 14.5. The molecule has 0 bridgehead atoms. The normalized spacial score (nSPS) is 14.6. The van der Waals surface area contributed by atoms with Gasteiger partial charge in [0.25, 0.3) is 5.56 Å². The standard InChI is InChI=1S/C29H28N2O7/c1-6-38-29(35)20-17(2)30(3)25-23(28(34)37-5)22(27(33)36-4)21(18-13-9-7-10-14-18)26(32)31(25)24(20)19-15-11-8-12-16-19/h7-16,24H,6H2,1-5H3/t24-/m1/s1. The van der Waals surface area contributed by atoms with E-state index in [1.807, 2.05) is 6.07 Å². The Balaban J connectivity index is 2.26. The highest BCUT2D eigenvalue weighted by molar-refractivity contribution is 6.11. The molecule has 0 N–H and O–H groups in total. The van der Waals surface area contributed by atoms with E-state index in [2.05, 4.69) is 0 Å². The molecule has 0 fully saturated rings. The molecule has 4 rings (SSSR count). The van der Waals surface area contributed by atoms with Gasteiger partial charge in [0.05, 0.1) is 43.6 Å². The van der Waals surface area contributed by atoms with Crippen LogP contribution in [0.1, 0.15) is 46.2 Å². The van der Waals surface area contributed by atoms with Gasteiger partial charge in [0.2, 0.25) is 0 Å². The number of nitrogens with zero attached hydrogens (tertiary/aromatic N) is 2. The number of methoxy groups -OCH3 is 2. The van der Waals surface area contributed by atoms with Crippen LogP contribution < -0.4 is 10.5 Å². The van der Waals surface area contributed by atoms with Gasteiger partial charge in [-0.15, -0.1) is 0 Å². The molecule has 0 unspecified atom stereocenters. The van der Waals surface area contributed by atoms with Crippen LogP contribution in [-0.2, 0) is 19.0 Å². The molecule has 1 aliphatic rings. The fraction of sp³-hybridized carbons (Fsp3) is 0.241. The fourth-order valence-corrected chi connectivity index (χ4v) is 4.81. The lowest BCUT2D eigenvalue weighted by atomic mass is 9.90. The van der Waals surface area contributed by atoms with Gasteiger partial charge in [-0.1, -0.05) is 60.7 Å². The number of carbonyl (C=O) groups excluding carboxylic acids is 3. The number of allylic oxidation sites excluding steroid dienone is 1. The summed E-state index contributed by atoms with van der Waals surface area (Å²) in [4.78, 5) is 55.9. The second kappa shape index (κ2) is 10.8. The molecular formula is C29H28N2O7. The van der Waals surface area contributed by atoms with Gasteiger partial charge in [-0.05, 0) is 25.0 Å². The molecule has 0 radical (unpaired) electrons. The van der Waals surface area contributed by atoms with Crippen molar-refractivity contribution in [3.63, 3.8) is 0 Å². The van der Waals surface area contributed by atoms with Crippen LogP contribution in [0.4, 0.5) is 5.82 Å². The van der Waals surface area contributed by atoms with Crippen molar-refractivity contribution in [1.29, 1.82) is 0 Å². The third-order valence-corrected chi connectivity index (χ3v) is 6.58. The number of aromatic nitrogens is 1. The summed E-state index contributed by atoms with van der Waals surface area (Å²) in [5.41, 5.74) is 0.703. The quantitative estimate of drug-likeness (QED) is 0.358. The number of pyridine rings is 1. The molecule has 0 amide bonds. The van der Waals surface area contributed by atoms with Crippen molar-refractivity contribution in [2.75, 3.05) is 32.8 Å². The van der Waals surface area contributed by atoms with E-state index in [1.54, 1.807) is 75.5 Å². The lowest BCUT2D eigenvalue weighted by Gasteiger charge is -2.38. The predicted octanol–water partition coefficient (Wildman–Crippen LogP) is 3.96. The second-order valence-corrected chi connectivity index (χ2v) is 8.56. The number of fused-ring (bicyclic) bond motifs is 1. The zero-order valence-corrected chi connectivity index (χ0v) is 21.8. The first-order chi connectivity index (χ1) is 18.3. The molecule has 38 heavy (non-hydrogen) atoms. The van der Waals surface area contributed by atoms with Crippen LogP contribution in [0, 0.1) is 0 Å². The van der Waals surface area contributed by atoms with E-state index in [-0.39, 0.29) is 34.7 Å². The zero-order valence-electron chi connectivity index (χ0n) is 21.8. The number of ether oxygens (including phenoxy) is 3. The molecule has 9 heteroatoms. The Labute approximate surface area is 219 Å². The van der Waals surface area contributed by atoms with E-state index in [4.69, 9.17) is 14.2 Å². The minimum atomic E-state index is -0.952. The highest BCUT2D eigenvalue weighted by Crippen LogP contribution is 2.42. The van der Waals surface area contributed by atoms with Crippen LogP contribution in [0.5, 0.6) is 0 Å².